The molecule has 10 heteroatoms. The normalized spacial score (nSPS) is 11.5. The number of halogens is 1. The van der Waals surface area contributed by atoms with Crippen LogP contribution in [0.15, 0.2) is 77.9 Å². The van der Waals surface area contributed by atoms with Gasteiger partial charge in [0.2, 0.25) is 5.91 Å². The highest BCUT2D eigenvalue weighted by Gasteiger charge is 2.19. The van der Waals surface area contributed by atoms with E-state index >= 15 is 0 Å². The number of nitrogens with zero attached hydrogens (tertiary/aromatic N) is 1. The lowest BCUT2D eigenvalue weighted by molar-refractivity contribution is -0.139. The molecular weight excluding hydrogens is 577 g/mol. The Balaban J connectivity index is 1.67. The molecule has 0 aliphatic rings. The van der Waals surface area contributed by atoms with Crippen LogP contribution in [-0.2, 0) is 9.59 Å². The Morgan fingerprint density at radius 3 is 2.36 bits per heavy atom. The molecule has 0 unspecified atom stereocenters. The van der Waals surface area contributed by atoms with Gasteiger partial charge in [0.25, 0.3) is 5.91 Å². The van der Waals surface area contributed by atoms with E-state index in [1.54, 1.807) is 36.4 Å². The van der Waals surface area contributed by atoms with E-state index in [1.807, 2.05) is 59.0 Å². The molecule has 3 aromatic rings. The first-order chi connectivity index (χ1) is 17.4. The molecule has 3 N–H and O–H groups in total. The molecular formula is C26H24IN3O6. The number of carboxylic acids is 1. The van der Waals surface area contributed by atoms with Gasteiger partial charge >= 0.3 is 5.97 Å². The number of aliphatic carboxylic acids is 1. The van der Waals surface area contributed by atoms with Crippen molar-refractivity contribution in [3.63, 3.8) is 0 Å². The van der Waals surface area contributed by atoms with Gasteiger partial charge in [-0.3, -0.25) is 9.59 Å². The summed E-state index contributed by atoms with van der Waals surface area (Å²) in [6, 6.07) is 20.8. The maximum Gasteiger partial charge on any atom is 0.341 e. The summed E-state index contributed by atoms with van der Waals surface area (Å²) in [5.74, 6) is -1.13. The molecule has 1 atom stereocenters. The molecule has 0 fully saturated rings. The number of hydrazone groups is 1. The smallest absolute Gasteiger partial charge is 0.341 e. The molecule has 3 aromatic carbocycles. The number of hydrogen-bond donors (Lipinski definition) is 3. The summed E-state index contributed by atoms with van der Waals surface area (Å²) in [6.45, 7) is -0.501. The maximum absolute atomic E-state index is 12.7. The number of ether oxygens (including phenoxy) is 2. The van der Waals surface area contributed by atoms with Gasteiger partial charge in [-0.2, -0.15) is 5.10 Å². The average molecular weight is 601 g/mol. The predicted molar refractivity (Wildman–Crippen MR) is 142 cm³/mol. The van der Waals surface area contributed by atoms with Gasteiger partial charge < -0.3 is 19.9 Å². The number of amides is 2. The van der Waals surface area contributed by atoms with Gasteiger partial charge in [-0.25, -0.2) is 10.2 Å². The van der Waals surface area contributed by atoms with Crippen molar-refractivity contribution in [3.8, 4) is 11.5 Å². The highest BCUT2D eigenvalue weighted by atomic mass is 127. The van der Waals surface area contributed by atoms with Crippen LogP contribution in [-0.4, -0.2) is 42.8 Å². The first kappa shape index (κ1) is 26.7. The molecule has 3 rings (SSSR count). The quantitative estimate of drug-likeness (QED) is 0.175. The van der Waals surface area contributed by atoms with Crippen molar-refractivity contribution in [2.75, 3.05) is 13.7 Å². The molecule has 2 amide bonds. The van der Waals surface area contributed by atoms with E-state index in [2.05, 4.69) is 15.8 Å². The molecule has 0 aromatic heterocycles. The molecule has 0 radical (unpaired) electrons. The summed E-state index contributed by atoms with van der Waals surface area (Å²) in [6.07, 6.45) is 1.41. The Kier molecular flexibility index (Phi) is 9.81. The van der Waals surface area contributed by atoms with Crippen molar-refractivity contribution < 1.29 is 29.0 Å². The Morgan fingerprint density at radius 2 is 1.72 bits per heavy atom. The number of hydrogen-bond acceptors (Lipinski definition) is 6. The van der Waals surface area contributed by atoms with Gasteiger partial charge in [-0.1, -0.05) is 48.5 Å². The lowest BCUT2D eigenvalue weighted by Gasteiger charge is -2.18. The Bertz CT molecular complexity index is 1240. The average Bonchev–Trinajstić information content (AvgIpc) is 2.88. The molecule has 0 spiro atoms. The molecule has 9 nitrogen and oxygen atoms in total. The van der Waals surface area contributed by atoms with Crippen LogP contribution >= 0.6 is 22.6 Å². The summed E-state index contributed by atoms with van der Waals surface area (Å²) in [7, 11) is 1.44. The minimum Gasteiger partial charge on any atom is -0.493 e. The van der Waals surface area contributed by atoms with E-state index in [9.17, 15) is 14.4 Å². The summed E-state index contributed by atoms with van der Waals surface area (Å²) in [4.78, 5) is 36.1. The fourth-order valence-corrected chi connectivity index (χ4v) is 4.05. The minimum absolute atomic E-state index is 0.0251. The van der Waals surface area contributed by atoms with Crippen LogP contribution in [0.5, 0.6) is 11.5 Å². The fraction of sp³-hybridized carbons (Fsp3) is 0.154. The third-order valence-electron chi connectivity index (χ3n) is 4.93. The Hall–Kier alpha value is -3.93. The molecule has 186 valence electrons. The fourth-order valence-electron chi connectivity index (χ4n) is 3.27. The predicted octanol–water partition coefficient (Wildman–Crippen LogP) is 3.77. The zero-order valence-corrected chi connectivity index (χ0v) is 21.5. The van der Waals surface area contributed by atoms with Gasteiger partial charge in [-0.05, 0) is 58.0 Å². The highest BCUT2D eigenvalue weighted by Crippen LogP contribution is 2.33. The summed E-state index contributed by atoms with van der Waals surface area (Å²) in [5, 5.41) is 15.8. The number of carbonyl (C=O) groups is 3. The maximum atomic E-state index is 12.7. The first-order valence-electron chi connectivity index (χ1n) is 10.8. The van der Waals surface area contributed by atoms with Crippen molar-refractivity contribution in [3.05, 3.63) is 93.1 Å². The minimum atomic E-state index is -1.10. The summed E-state index contributed by atoms with van der Waals surface area (Å²) < 4.78 is 11.2. The highest BCUT2D eigenvalue weighted by molar-refractivity contribution is 14.1. The first-order valence-corrected chi connectivity index (χ1v) is 11.9. The second-order valence-electron chi connectivity index (χ2n) is 7.52. The lowest BCUT2D eigenvalue weighted by Crippen LogP contribution is -2.32. The van der Waals surface area contributed by atoms with Crippen LogP contribution < -0.4 is 20.2 Å². The number of methoxy groups -OCH3 is 1. The number of carboxylic acid groups (broad SMARTS) is 1. The van der Waals surface area contributed by atoms with E-state index in [-0.39, 0.29) is 12.3 Å². The Morgan fingerprint density at radius 1 is 1.06 bits per heavy atom. The number of nitrogens with one attached hydrogen (secondary N) is 2. The summed E-state index contributed by atoms with van der Waals surface area (Å²) in [5.41, 5.74) is 4.38. The molecule has 0 saturated carbocycles. The Labute approximate surface area is 221 Å². The van der Waals surface area contributed by atoms with Crippen molar-refractivity contribution in [1.29, 1.82) is 0 Å². The zero-order chi connectivity index (χ0) is 25.9. The molecule has 0 heterocycles. The molecule has 0 aliphatic heterocycles. The van der Waals surface area contributed by atoms with Crippen molar-refractivity contribution >= 4 is 46.6 Å². The van der Waals surface area contributed by atoms with Crippen molar-refractivity contribution in [2.24, 2.45) is 5.10 Å². The van der Waals surface area contributed by atoms with Crippen LogP contribution in [0.4, 0.5) is 0 Å². The second kappa shape index (κ2) is 13.2. The van der Waals surface area contributed by atoms with E-state index in [0.29, 0.717) is 26.2 Å². The van der Waals surface area contributed by atoms with Gasteiger partial charge in [0, 0.05) is 5.56 Å². The second-order valence-corrected chi connectivity index (χ2v) is 8.68. The van der Waals surface area contributed by atoms with Crippen molar-refractivity contribution in [2.45, 2.75) is 12.5 Å². The SMILES string of the molecule is COc1cc(/C=N\NC(=O)C[C@H](NC(=O)c2ccccc2)c2ccccc2)cc(I)c1OCC(=O)O. The zero-order valence-electron chi connectivity index (χ0n) is 19.3. The van der Waals surface area contributed by atoms with Crippen LogP contribution in [0, 0.1) is 3.57 Å². The van der Waals surface area contributed by atoms with Crippen molar-refractivity contribution in [1.82, 2.24) is 10.7 Å². The molecule has 36 heavy (non-hydrogen) atoms. The number of carbonyl (C=O) groups excluding carboxylic acids is 2. The lowest BCUT2D eigenvalue weighted by atomic mass is 10.0. The number of rotatable bonds is 11. The third-order valence-corrected chi connectivity index (χ3v) is 5.73. The standard InChI is InChI=1S/C26H24IN3O6/c1-35-22-13-17(12-20(27)25(22)36-16-24(32)33)15-28-30-23(31)14-21(18-8-4-2-5-9-18)29-26(34)19-10-6-3-7-11-19/h2-13,15,21H,14,16H2,1H3,(H,29,34)(H,30,31)(H,32,33)/b28-15-/t21-/m0/s1. The van der Waals surface area contributed by atoms with Gasteiger partial charge in [0.1, 0.15) is 0 Å². The topological polar surface area (TPSA) is 126 Å². The third kappa shape index (κ3) is 7.80. The van der Waals surface area contributed by atoms with Crippen LogP contribution in [0.25, 0.3) is 0 Å². The number of benzene rings is 3. The van der Waals surface area contributed by atoms with Gasteiger partial charge in [0.15, 0.2) is 18.1 Å². The van der Waals surface area contributed by atoms with Crippen LogP contribution in [0.1, 0.15) is 33.9 Å². The largest absolute Gasteiger partial charge is 0.493 e. The van der Waals surface area contributed by atoms with E-state index < -0.39 is 24.5 Å². The van der Waals surface area contributed by atoms with Crippen LogP contribution in [0.3, 0.4) is 0 Å². The van der Waals surface area contributed by atoms with E-state index in [1.165, 1.54) is 13.3 Å². The van der Waals surface area contributed by atoms with Gasteiger partial charge in [-0.15, -0.1) is 0 Å². The van der Waals surface area contributed by atoms with E-state index in [4.69, 9.17) is 14.6 Å². The molecule has 0 bridgehead atoms. The van der Waals surface area contributed by atoms with Gasteiger partial charge in [0.05, 0.1) is 29.4 Å². The molecule has 0 aliphatic carbocycles. The summed E-state index contributed by atoms with van der Waals surface area (Å²) >= 11 is 2.00. The monoisotopic (exact) mass is 601 g/mol. The molecule has 0 saturated heterocycles. The van der Waals surface area contributed by atoms with Crippen LogP contribution in [0.2, 0.25) is 0 Å². The van der Waals surface area contributed by atoms with E-state index in [0.717, 1.165) is 5.56 Å².